The van der Waals surface area contributed by atoms with Gasteiger partial charge in [0.05, 0.1) is 13.2 Å². The number of morpholine rings is 1. The van der Waals surface area contributed by atoms with Gasteiger partial charge in [0.25, 0.3) is 5.91 Å². The van der Waals surface area contributed by atoms with Gasteiger partial charge in [-0.2, -0.15) is 5.10 Å². The van der Waals surface area contributed by atoms with Gasteiger partial charge in [-0.15, -0.1) is 11.3 Å². The fraction of sp³-hybridized carbons (Fsp3) is 0.600. The van der Waals surface area contributed by atoms with E-state index in [2.05, 4.69) is 34.4 Å². The number of nitrogens with zero attached hydrogens (tertiary/aromatic N) is 3. The Labute approximate surface area is 164 Å². The molecule has 7 heteroatoms. The van der Waals surface area contributed by atoms with Gasteiger partial charge in [-0.1, -0.05) is 13.0 Å². The molecule has 1 amide bonds. The summed E-state index contributed by atoms with van der Waals surface area (Å²) in [4.78, 5) is 16.4. The van der Waals surface area contributed by atoms with E-state index in [4.69, 9.17) is 9.84 Å². The van der Waals surface area contributed by atoms with Crippen molar-refractivity contribution in [2.24, 2.45) is 0 Å². The third-order valence-corrected chi connectivity index (χ3v) is 6.30. The Morgan fingerprint density at radius 2 is 2.26 bits per heavy atom. The molecule has 1 N–H and O–H groups in total. The maximum atomic E-state index is 13.1. The average molecular weight is 389 g/mol. The van der Waals surface area contributed by atoms with Crippen LogP contribution in [-0.4, -0.2) is 52.9 Å². The van der Waals surface area contributed by atoms with Crippen LogP contribution in [0.25, 0.3) is 0 Å². The molecule has 0 radical (unpaired) electrons. The Hall–Kier alpha value is -1.70. The minimum absolute atomic E-state index is 0.0725. The number of aromatic nitrogens is 2. The third-order valence-electron chi connectivity index (χ3n) is 5.43. The maximum Gasteiger partial charge on any atom is 0.274 e. The predicted octanol–water partition coefficient (Wildman–Crippen LogP) is 2.47. The van der Waals surface area contributed by atoms with E-state index in [1.807, 2.05) is 4.90 Å². The molecular formula is C20H28N4O2S. The van der Waals surface area contributed by atoms with Gasteiger partial charge in [0, 0.05) is 48.4 Å². The molecule has 27 heavy (non-hydrogen) atoms. The Bertz CT molecular complexity index is 765. The molecule has 0 saturated carbocycles. The van der Waals surface area contributed by atoms with E-state index in [9.17, 15) is 4.79 Å². The molecule has 1 fully saturated rings. The summed E-state index contributed by atoms with van der Waals surface area (Å²) in [5.74, 6) is 0.0725. The van der Waals surface area contributed by atoms with E-state index < -0.39 is 0 Å². The van der Waals surface area contributed by atoms with Crippen LogP contribution in [-0.2, 0) is 30.7 Å². The molecule has 1 saturated heterocycles. The summed E-state index contributed by atoms with van der Waals surface area (Å²) in [5, 5.41) is 10.6. The van der Waals surface area contributed by atoms with Crippen LogP contribution in [0.3, 0.4) is 0 Å². The fourth-order valence-corrected chi connectivity index (χ4v) is 4.66. The summed E-state index contributed by atoms with van der Waals surface area (Å²) in [7, 11) is 0. The van der Waals surface area contributed by atoms with Crippen LogP contribution < -0.4 is 5.32 Å². The normalized spacial score (nSPS) is 19.9. The van der Waals surface area contributed by atoms with Gasteiger partial charge in [-0.3, -0.25) is 9.48 Å². The number of rotatable bonds is 6. The van der Waals surface area contributed by atoms with Gasteiger partial charge < -0.3 is 15.0 Å². The molecule has 146 valence electrons. The molecule has 3 heterocycles. The minimum atomic E-state index is 0.0725. The first-order valence-corrected chi connectivity index (χ1v) is 10.9. The van der Waals surface area contributed by atoms with Crippen LogP contribution in [0, 0.1) is 0 Å². The molecule has 0 spiro atoms. The molecule has 0 aromatic carbocycles. The van der Waals surface area contributed by atoms with E-state index in [0.717, 1.165) is 44.3 Å². The Morgan fingerprint density at radius 3 is 3.00 bits per heavy atom. The Balaban J connectivity index is 1.53. The first-order valence-electron chi connectivity index (χ1n) is 9.97. The number of amides is 1. The molecule has 4 rings (SSSR count). The second-order valence-electron chi connectivity index (χ2n) is 7.30. The highest BCUT2D eigenvalue weighted by Gasteiger charge is 2.31. The van der Waals surface area contributed by atoms with Gasteiger partial charge >= 0.3 is 0 Å². The number of thiophene rings is 1. The number of hydrogen-bond donors (Lipinski definition) is 1. The molecule has 2 aromatic rings. The lowest BCUT2D eigenvalue weighted by Crippen LogP contribution is -2.41. The smallest absolute Gasteiger partial charge is 0.274 e. The monoisotopic (exact) mass is 388 g/mol. The number of carbonyl (C=O) groups is 1. The molecule has 2 aliphatic rings. The lowest BCUT2D eigenvalue weighted by Gasteiger charge is -2.27. The summed E-state index contributed by atoms with van der Waals surface area (Å²) < 4.78 is 7.48. The van der Waals surface area contributed by atoms with Gasteiger partial charge in [0.2, 0.25) is 0 Å². The molecule has 0 bridgehead atoms. The third kappa shape index (κ3) is 4.10. The van der Waals surface area contributed by atoms with Crippen molar-refractivity contribution in [3.63, 3.8) is 0 Å². The Morgan fingerprint density at radius 1 is 1.41 bits per heavy atom. The molecule has 1 atom stereocenters. The molecule has 6 nitrogen and oxygen atoms in total. The summed E-state index contributed by atoms with van der Waals surface area (Å²) >= 11 is 1.78. The quantitative estimate of drug-likeness (QED) is 0.826. The molecular weight excluding hydrogens is 360 g/mol. The highest BCUT2D eigenvalue weighted by molar-refractivity contribution is 7.09. The first kappa shape index (κ1) is 18.7. The minimum Gasteiger partial charge on any atom is -0.378 e. The summed E-state index contributed by atoms with van der Waals surface area (Å²) in [6.07, 6.45) is 4.00. The summed E-state index contributed by atoms with van der Waals surface area (Å²) in [6.45, 7) is 6.50. The highest BCUT2D eigenvalue weighted by atomic mass is 32.1. The molecule has 2 aromatic heterocycles. The maximum absolute atomic E-state index is 13.1. The van der Waals surface area contributed by atoms with Gasteiger partial charge in [-0.25, -0.2) is 0 Å². The van der Waals surface area contributed by atoms with Crippen molar-refractivity contribution in [3.8, 4) is 0 Å². The second-order valence-corrected chi connectivity index (χ2v) is 8.33. The van der Waals surface area contributed by atoms with Crippen molar-refractivity contribution in [1.82, 2.24) is 20.0 Å². The summed E-state index contributed by atoms with van der Waals surface area (Å²) in [6, 6.07) is 4.66. The van der Waals surface area contributed by atoms with Crippen molar-refractivity contribution in [2.75, 3.05) is 26.3 Å². The van der Waals surface area contributed by atoms with Crippen LogP contribution in [0.4, 0.5) is 0 Å². The van der Waals surface area contributed by atoms with Crippen LogP contribution in [0.2, 0.25) is 0 Å². The van der Waals surface area contributed by atoms with Crippen molar-refractivity contribution < 1.29 is 9.53 Å². The van der Waals surface area contributed by atoms with Crippen molar-refractivity contribution in [3.05, 3.63) is 39.3 Å². The van der Waals surface area contributed by atoms with Crippen molar-refractivity contribution in [1.29, 1.82) is 0 Å². The van der Waals surface area contributed by atoms with Gasteiger partial charge in [-0.05, 0) is 37.1 Å². The standard InChI is InChI=1S/C20H28N4O2S/c1-2-7-24-18-6-5-15(21-14-16-4-3-12-27-16)13-17(18)19(22-24)20(25)23-8-10-26-11-9-23/h3-4,12,15,21H,2,5-11,13-14H2,1H3/t15-/m1/s1. The highest BCUT2D eigenvalue weighted by Crippen LogP contribution is 2.27. The zero-order chi connectivity index (χ0) is 18.6. The van der Waals surface area contributed by atoms with Gasteiger partial charge in [0.15, 0.2) is 5.69 Å². The van der Waals surface area contributed by atoms with Gasteiger partial charge in [0.1, 0.15) is 0 Å². The van der Waals surface area contributed by atoms with E-state index in [1.165, 1.54) is 10.6 Å². The predicted molar refractivity (Wildman–Crippen MR) is 106 cm³/mol. The number of nitrogens with one attached hydrogen (secondary N) is 1. The zero-order valence-electron chi connectivity index (χ0n) is 15.9. The molecule has 1 aliphatic heterocycles. The van der Waals surface area contributed by atoms with Crippen LogP contribution in [0.15, 0.2) is 17.5 Å². The average Bonchev–Trinajstić information content (AvgIpc) is 3.35. The lowest BCUT2D eigenvalue weighted by atomic mass is 9.91. The summed E-state index contributed by atoms with van der Waals surface area (Å²) in [5.41, 5.74) is 3.10. The number of aryl methyl sites for hydroxylation is 1. The van der Waals surface area contributed by atoms with E-state index >= 15 is 0 Å². The number of fused-ring (bicyclic) bond motifs is 1. The van der Waals surface area contributed by atoms with Crippen molar-refractivity contribution >= 4 is 17.2 Å². The fourth-order valence-electron chi connectivity index (χ4n) is 4.00. The SMILES string of the molecule is CCCn1nc(C(=O)N2CCOCC2)c2c1CC[C@@H](NCc1cccs1)C2. The van der Waals surface area contributed by atoms with E-state index in [-0.39, 0.29) is 5.91 Å². The van der Waals surface area contributed by atoms with Crippen molar-refractivity contribution in [2.45, 2.75) is 51.7 Å². The number of carbonyl (C=O) groups excluding carboxylic acids is 1. The largest absolute Gasteiger partial charge is 0.378 e. The van der Waals surface area contributed by atoms with Crippen LogP contribution in [0.5, 0.6) is 0 Å². The van der Waals surface area contributed by atoms with E-state index in [0.29, 0.717) is 38.0 Å². The zero-order valence-corrected chi connectivity index (χ0v) is 16.8. The molecule has 0 unspecified atom stereocenters. The van der Waals surface area contributed by atoms with Crippen LogP contribution in [0.1, 0.15) is 46.4 Å². The van der Waals surface area contributed by atoms with E-state index in [1.54, 1.807) is 11.3 Å². The van der Waals surface area contributed by atoms with Crippen LogP contribution >= 0.6 is 11.3 Å². The number of hydrogen-bond acceptors (Lipinski definition) is 5. The first-order chi connectivity index (χ1) is 13.3. The molecule has 1 aliphatic carbocycles. The lowest BCUT2D eigenvalue weighted by molar-refractivity contribution is 0.0297. The Kier molecular flexibility index (Phi) is 5.90. The number of ether oxygens (including phenoxy) is 1. The second kappa shape index (κ2) is 8.54. The topological polar surface area (TPSA) is 59.4 Å².